The number of rotatable bonds is 7. The number of nitrogens with zero attached hydrogens (tertiary/aromatic N) is 10. The predicted octanol–water partition coefficient (Wildman–Crippen LogP) is 6.22. The van der Waals surface area contributed by atoms with Crippen LogP contribution in [0.5, 0.6) is 0 Å². The number of carbonyl (C=O) groups is 2. The SMILES string of the molecule is C.Cc1cn2cccc2c(N2CC[C@H](N)C2)n1.Cc1cn2cccc2c(N2CC[C@H](NC(=O)c3cn(-c4ccccc4)cn3)C2)n1.O=C(O)c1cn(-c2ccccc2)cn1. The lowest BCUT2D eigenvalue weighted by atomic mass is 10.2. The number of carbonyl (C=O) groups excluding carboxylic acids is 1. The van der Waals surface area contributed by atoms with Crippen molar-refractivity contribution in [1.29, 1.82) is 0 Å². The van der Waals surface area contributed by atoms with Crippen molar-refractivity contribution in [2.75, 3.05) is 36.0 Å². The first-order valence-electron chi connectivity index (χ1n) is 19.6. The zero-order chi connectivity index (χ0) is 40.9. The summed E-state index contributed by atoms with van der Waals surface area (Å²) in [7, 11) is 0. The lowest BCUT2D eigenvalue weighted by molar-refractivity contribution is 0.0690. The molecule has 6 aromatic heterocycles. The Labute approximate surface area is 348 Å². The normalized spacial score (nSPS) is 15.8. The van der Waals surface area contributed by atoms with Crippen LogP contribution in [0.15, 0.2) is 135 Å². The van der Waals surface area contributed by atoms with E-state index < -0.39 is 5.97 Å². The fourth-order valence-electron chi connectivity index (χ4n) is 7.43. The second-order valence-corrected chi connectivity index (χ2v) is 14.7. The smallest absolute Gasteiger partial charge is 0.356 e. The molecule has 0 saturated carbocycles. The molecule has 4 N–H and O–H groups in total. The van der Waals surface area contributed by atoms with Gasteiger partial charge in [0, 0.05) is 86.8 Å². The number of aromatic nitrogens is 8. The van der Waals surface area contributed by atoms with Crippen LogP contribution in [-0.4, -0.2) is 93.1 Å². The molecule has 2 atom stereocenters. The molecule has 8 aromatic rings. The van der Waals surface area contributed by atoms with Gasteiger partial charge in [0.15, 0.2) is 17.3 Å². The first-order valence-corrected chi connectivity index (χ1v) is 19.6. The number of hydrogen-bond acceptors (Lipinski definition) is 9. The highest BCUT2D eigenvalue weighted by Gasteiger charge is 2.27. The van der Waals surface area contributed by atoms with Gasteiger partial charge in [-0.15, -0.1) is 0 Å². The van der Waals surface area contributed by atoms with E-state index in [2.05, 4.69) is 69.5 Å². The molecule has 0 radical (unpaired) electrons. The number of fused-ring (bicyclic) bond motifs is 2. The van der Waals surface area contributed by atoms with Crippen LogP contribution in [0.4, 0.5) is 11.6 Å². The number of anilines is 2. The third kappa shape index (κ3) is 9.21. The number of nitrogens with one attached hydrogen (secondary N) is 1. The number of carboxylic acid groups (broad SMARTS) is 1. The van der Waals surface area contributed by atoms with Gasteiger partial charge in [0.2, 0.25) is 0 Å². The lowest BCUT2D eigenvalue weighted by Crippen LogP contribution is -2.37. The second kappa shape index (κ2) is 18.1. The number of aryl methyl sites for hydroxylation is 2. The topological polar surface area (TPSA) is 169 Å². The minimum Gasteiger partial charge on any atom is -0.476 e. The number of aromatic carboxylic acids is 1. The van der Waals surface area contributed by atoms with E-state index in [0.717, 1.165) is 78.9 Å². The Hall–Kier alpha value is -7.26. The third-order valence-corrected chi connectivity index (χ3v) is 10.3. The van der Waals surface area contributed by atoms with E-state index in [1.165, 1.54) is 18.0 Å². The van der Waals surface area contributed by atoms with E-state index in [1.807, 2.05) is 97.5 Å². The molecule has 308 valence electrons. The minimum absolute atomic E-state index is 0. The average Bonchev–Trinajstić information content (AvgIpc) is 4.10. The maximum Gasteiger partial charge on any atom is 0.356 e. The van der Waals surface area contributed by atoms with Crippen molar-refractivity contribution in [2.24, 2.45) is 5.73 Å². The fourth-order valence-corrected chi connectivity index (χ4v) is 7.43. The summed E-state index contributed by atoms with van der Waals surface area (Å²) >= 11 is 0. The van der Waals surface area contributed by atoms with Gasteiger partial charge in [-0.1, -0.05) is 43.8 Å². The molecule has 2 aliphatic heterocycles. The molecule has 15 heteroatoms. The molecule has 0 aliphatic carbocycles. The van der Waals surface area contributed by atoms with Crippen LogP contribution in [0.2, 0.25) is 0 Å². The first kappa shape index (κ1) is 40.9. The quantitative estimate of drug-likeness (QED) is 0.168. The molecular weight excluding hydrogens is 757 g/mol. The Morgan fingerprint density at radius 2 is 1.17 bits per heavy atom. The molecule has 60 heavy (non-hydrogen) atoms. The van der Waals surface area contributed by atoms with Crippen molar-refractivity contribution in [1.82, 2.24) is 43.2 Å². The van der Waals surface area contributed by atoms with Crippen LogP contribution in [0, 0.1) is 13.8 Å². The van der Waals surface area contributed by atoms with Crippen molar-refractivity contribution < 1.29 is 14.7 Å². The highest BCUT2D eigenvalue weighted by molar-refractivity contribution is 5.92. The zero-order valence-corrected chi connectivity index (χ0v) is 32.9. The molecule has 2 saturated heterocycles. The van der Waals surface area contributed by atoms with E-state index in [0.29, 0.717) is 5.69 Å². The average molecular weight is 807 g/mol. The fraction of sp³-hybridized carbons (Fsp3) is 0.244. The Balaban J connectivity index is 0.000000148. The van der Waals surface area contributed by atoms with Gasteiger partial charge in [0.1, 0.15) is 18.3 Å². The molecule has 1 amide bonds. The summed E-state index contributed by atoms with van der Waals surface area (Å²) in [6.45, 7) is 7.55. The highest BCUT2D eigenvalue weighted by atomic mass is 16.4. The van der Waals surface area contributed by atoms with Crippen molar-refractivity contribution in [2.45, 2.75) is 46.2 Å². The molecule has 15 nitrogen and oxygen atoms in total. The maximum atomic E-state index is 12.7. The number of nitrogens with two attached hydrogens (primary N) is 1. The first-order chi connectivity index (χ1) is 28.7. The summed E-state index contributed by atoms with van der Waals surface area (Å²) in [6, 6.07) is 27.9. The third-order valence-electron chi connectivity index (χ3n) is 10.3. The van der Waals surface area contributed by atoms with E-state index in [4.69, 9.17) is 15.8 Å². The van der Waals surface area contributed by atoms with Crippen LogP contribution < -0.4 is 20.9 Å². The van der Waals surface area contributed by atoms with Crippen LogP contribution in [0.25, 0.3) is 22.4 Å². The van der Waals surface area contributed by atoms with Crippen molar-refractivity contribution in [3.63, 3.8) is 0 Å². The minimum atomic E-state index is -1.01. The van der Waals surface area contributed by atoms with Gasteiger partial charge in [-0.3, -0.25) is 4.79 Å². The number of carboxylic acids is 1. The summed E-state index contributed by atoms with van der Waals surface area (Å²) in [5.74, 6) is 0.884. The van der Waals surface area contributed by atoms with Crippen molar-refractivity contribution in [3.8, 4) is 11.4 Å². The molecule has 10 rings (SSSR count). The Kier molecular flexibility index (Phi) is 12.4. The Morgan fingerprint density at radius 1 is 0.667 bits per heavy atom. The Bertz CT molecular complexity index is 2680. The highest BCUT2D eigenvalue weighted by Crippen LogP contribution is 2.26. The monoisotopic (exact) mass is 806 g/mol. The number of hydrogen-bond donors (Lipinski definition) is 3. The number of amides is 1. The van der Waals surface area contributed by atoms with Gasteiger partial charge in [0.05, 0.1) is 22.4 Å². The molecular formula is C45H50N12O3. The summed E-state index contributed by atoms with van der Waals surface area (Å²) < 4.78 is 7.75. The van der Waals surface area contributed by atoms with Gasteiger partial charge in [-0.05, 0) is 75.2 Å². The lowest BCUT2D eigenvalue weighted by Gasteiger charge is -2.19. The van der Waals surface area contributed by atoms with Crippen molar-refractivity contribution >= 4 is 34.5 Å². The summed E-state index contributed by atoms with van der Waals surface area (Å²) in [5, 5.41) is 11.8. The standard InChI is InChI=1S/C22H22N6O.C12H16N4.C10H8N2O2.CH4/c1-16-12-26-10-5-8-20(26)21(24-16)27-11-9-17(13-27)25-22(29)19-14-28(15-23-19)18-6-3-2-4-7-18;1-9-7-15-5-2-3-11(15)12(14-9)16-6-4-10(13)8-16;13-10(14)9-6-12(7-11-9)8-4-2-1-3-5-8;/h2-8,10,12,14-15,17H,9,11,13H2,1H3,(H,25,29);2-3,5,7,10H,4,6,8,13H2,1H3;1-7H,(H,13,14);1H4/t17-;10-;;/m00../s1. The second-order valence-electron chi connectivity index (χ2n) is 14.7. The molecule has 2 aliphatic rings. The molecule has 2 fully saturated rings. The van der Waals surface area contributed by atoms with E-state index in [9.17, 15) is 9.59 Å². The van der Waals surface area contributed by atoms with Crippen LogP contribution in [0.1, 0.15) is 52.6 Å². The molecule has 0 bridgehead atoms. The van der Waals surface area contributed by atoms with Gasteiger partial charge in [0.25, 0.3) is 5.91 Å². The molecule has 0 unspecified atom stereocenters. The van der Waals surface area contributed by atoms with E-state index in [1.54, 1.807) is 17.1 Å². The number of imidazole rings is 2. The maximum absolute atomic E-state index is 12.7. The van der Waals surface area contributed by atoms with Gasteiger partial charge in [-0.25, -0.2) is 24.7 Å². The summed E-state index contributed by atoms with van der Waals surface area (Å²) in [6.07, 6.45) is 16.5. The van der Waals surface area contributed by atoms with Crippen LogP contribution in [0.3, 0.4) is 0 Å². The molecule has 8 heterocycles. The molecule has 2 aromatic carbocycles. The van der Waals surface area contributed by atoms with Crippen LogP contribution >= 0.6 is 0 Å². The van der Waals surface area contributed by atoms with Crippen LogP contribution in [-0.2, 0) is 0 Å². The van der Waals surface area contributed by atoms with E-state index >= 15 is 0 Å². The zero-order valence-electron chi connectivity index (χ0n) is 32.9. The molecule has 0 spiro atoms. The van der Waals surface area contributed by atoms with Crippen molar-refractivity contribution in [3.05, 3.63) is 158 Å². The van der Waals surface area contributed by atoms with Gasteiger partial charge in [-0.2, -0.15) is 0 Å². The number of para-hydroxylation sites is 2. The van der Waals surface area contributed by atoms with Gasteiger partial charge >= 0.3 is 5.97 Å². The Morgan fingerprint density at radius 3 is 1.67 bits per heavy atom. The summed E-state index contributed by atoms with van der Waals surface area (Å²) in [4.78, 5) is 45.2. The predicted molar refractivity (Wildman–Crippen MR) is 234 cm³/mol. The largest absolute Gasteiger partial charge is 0.476 e. The summed E-state index contributed by atoms with van der Waals surface area (Å²) in [5.41, 5.74) is 12.6. The van der Waals surface area contributed by atoms with Gasteiger partial charge < -0.3 is 43.9 Å². The van der Waals surface area contributed by atoms with E-state index in [-0.39, 0.29) is 31.1 Å². The number of benzene rings is 2.